The Morgan fingerprint density at radius 2 is 2.00 bits per heavy atom. The molecule has 0 unspecified atom stereocenters. The molecule has 1 fully saturated rings. The molecule has 2 aliphatic rings. The highest BCUT2D eigenvalue weighted by Crippen LogP contribution is 2.32. The summed E-state index contributed by atoms with van der Waals surface area (Å²) < 4.78 is 0. The second kappa shape index (κ2) is 2.80. The van der Waals surface area contributed by atoms with Gasteiger partial charge in [0.25, 0.3) is 0 Å². The van der Waals surface area contributed by atoms with Crippen LogP contribution in [0.2, 0.25) is 0 Å². The lowest BCUT2D eigenvalue weighted by Crippen LogP contribution is -2.13. The SMILES string of the molecule is O=C1CCC(CC2=C[CH]2)CC1. The summed E-state index contributed by atoms with van der Waals surface area (Å²) in [6.07, 6.45) is 9.50. The van der Waals surface area contributed by atoms with Gasteiger partial charge in [0.2, 0.25) is 0 Å². The number of ketones is 1. The molecule has 0 spiro atoms. The van der Waals surface area contributed by atoms with E-state index in [-0.39, 0.29) is 0 Å². The average molecular weight is 149 g/mol. The summed E-state index contributed by atoms with van der Waals surface area (Å²) in [4.78, 5) is 10.9. The molecule has 1 radical (unpaired) electrons. The first kappa shape index (κ1) is 7.08. The Labute approximate surface area is 67.5 Å². The fourth-order valence-corrected chi connectivity index (χ4v) is 1.73. The highest BCUT2D eigenvalue weighted by atomic mass is 16.1. The minimum absolute atomic E-state index is 0.468. The van der Waals surface area contributed by atoms with Crippen LogP contribution in [0, 0.1) is 12.3 Å². The molecule has 0 aromatic rings. The van der Waals surface area contributed by atoms with E-state index in [9.17, 15) is 4.79 Å². The van der Waals surface area contributed by atoms with Crippen LogP contribution in [0.5, 0.6) is 0 Å². The Balaban J connectivity index is 1.77. The van der Waals surface area contributed by atoms with Gasteiger partial charge in [0.1, 0.15) is 5.78 Å². The van der Waals surface area contributed by atoms with Crippen molar-refractivity contribution in [2.45, 2.75) is 32.1 Å². The number of rotatable bonds is 2. The molecule has 1 nitrogen and oxygen atoms in total. The Morgan fingerprint density at radius 3 is 2.55 bits per heavy atom. The second-order valence-corrected chi connectivity index (χ2v) is 3.59. The highest BCUT2D eigenvalue weighted by molar-refractivity contribution is 5.79. The minimum Gasteiger partial charge on any atom is -0.300 e. The zero-order chi connectivity index (χ0) is 7.68. The molecule has 0 bridgehead atoms. The van der Waals surface area contributed by atoms with Crippen molar-refractivity contribution >= 4 is 5.78 Å². The summed E-state index contributed by atoms with van der Waals surface area (Å²) in [5, 5.41) is 0. The molecule has 0 N–H and O–H groups in total. The van der Waals surface area contributed by atoms with Gasteiger partial charge in [-0.1, -0.05) is 11.6 Å². The van der Waals surface area contributed by atoms with Gasteiger partial charge in [-0.15, -0.1) is 0 Å². The Kier molecular flexibility index (Phi) is 1.80. The first-order valence-electron chi connectivity index (χ1n) is 4.40. The maximum absolute atomic E-state index is 10.9. The van der Waals surface area contributed by atoms with E-state index in [0.717, 1.165) is 31.6 Å². The summed E-state index contributed by atoms with van der Waals surface area (Å²) in [7, 11) is 0. The number of allylic oxidation sites excluding steroid dienone is 2. The molecule has 0 aromatic heterocycles. The highest BCUT2D eigenvalue weighted by Gasteiger charge is 2.21. The van der Waals surface area contributed by atoms with E-state index in [1.54, 1.807) is 0 Å². The Hall–Kier alpha value is -0.590. The standard InChI is InChI=1S/C10H13O/c11-10-5-3-9(4-6-10)7-8-1-2-8/h1-2,9H,3-7H2. The molecule has 0 aromatic carbocycles. The zero-order valence-corrected chi connectivity index (χ0v) is 6.68. The maximum Gasteiger partial charge on any atom is 0.132 e. The van der Waals surface area contributed by atoms with Gasteiger partial charge in [0.15, 0.2) is 0 Å². The smallest absolute Gasteiger partial charge is 0.132 e. The van der Waals surface area contributed by atoms with E-state index in [1.807, 2.05) is 0 Å². The van der Waals surface area contributed by atoms with Gasteiger partial charge in [-0.2, -0.15) is 0 Å². The number of hydrogen-bond acceptors (Lipinski definition) is 1. The lowest BCUT2D eigenvalue weighted by molar-refractivity contribution is -0.120. The molecule has 0 saturated heterocycles. The van der Waals surface area contributed by atoms with Gasteiger partial charge in [-0.25, -0.2) is 0 Å². The van der Waals surface area contributed by atoms with E-state index in [2.05, 4.69) is 12.5 Å². The normalized spacial score (nSPS) is 25.1. The number of hydrogen-bond donors (Lipinski definition) is 0. The van der Waals surface area contributed by atoms with E-state index >= 15 is 0 Å². The molecule has 0 aliphatic heterocycles. The van der Waals surface area contributed by atoms with Crippen LogP contribution in [0.4, 0.5) is 0 Å². The van der Waals surface area contributed by atoms with Crippen molar-refractivity contribution < 1.29 is 4.79 Å². The lowest BCUT2D eigenvalue weighted by Gasteiger charge is -2.19. The van der Waals surface area contributed by atoms with Crippen LogP contribution >= 0.6 is 0 Å². The summed E-state index contributed by atoms with van der Waals surface area (Å²) in [6, 6.07) is 0. The lowest BCUT2D eigenvalue weighted by atomic mass is 9.85. The van der Waals surface area contributed by atoms with Crippen molar-refractivity contribution in [1.29, 1.82) is 0 Å². The molecule has 0 atom stereocenters. The van der Waals surface area contributed by atoms with E-state index in [4.69, 9.17) is 0 Å². The molecule has 1 saturated carbocycles. The van der Waals surface area contributed by atoms with Crippen LogP contribution in [0.15, 0.2) is 11.6 Å². The monoisotopic (exact) mass is 149 g/mol. The van der Waals surface area contributed by atoms with Gasteiger partial charge in [0.05, 0.1) is 0 Å². The van der Waals surface area contributed by atoms with Crippen LogP contribution in [0.1, 0.15) is 32.1 Å². The number of carbonyl (C=O) groups is 1. The topological polar surface area (TPSA) is 17.1 Å². The summed E-state index contributed by atoms with van der Waals surface area (Å²) in [6.45, 7) is 0. The van der Waals surface area contributed by atoms with E-state index in [0.29, 0.717) is 5.78 Å². The third-order valence-corrected chi connectivity index (χ3v) is 2.59. The van der Waals surface area contributed by atoms with Crippen LogP contribution in [0.25, 0.3) is 0 Å². The predicted molar refractivity (Wildman–Crippen MR) is 44.0 cm³/mol. The van der Waals surface area contributed by atoms with Gasteiger partial charge >= 0.3 is 0 Å². The van der Waals surface area contributed by atoms with Crippen LogP contribution < -0.4 is 0 Å². The fourth-order valence-electron chi connectivity index (χ4n) is 1.73. The van der Waals surface area contributed by atoms with Crippen molar-refractivity contribution in [2.24, 2.45) is 5.92 Å². The molecule has 11 heavy (non-hydrogen) atoms. The summed E-state index contributed by atoms with van der Waals surface area (Å²) >= 11 is 0. The quantitative estimate of drug-likeness (QED) is 0.588. The largest absolute Gasteiger partial charge is 0.300 e. The molecule has 0 amide bonds. The molecule has 2 aliphatic carbocycles. The van der Waals surface area contributed by atoms with Crippen LogP contribution in [-0.2, 0) is 4.79 Å². The van der Waals surface area contributed by atoms with Crippen molar-refractivity contribution in [2.75, 3.05) is 0 Å². The molecule has 59 valence electrons. The average Bonchev–Trinajstić information content (AvgIpc) is 2.78. The van der Waals surface area contributed by atoms with E-state index < -0.39 is 0 Å². The first-order chi connectivity index (χ1) is 5.34. The molecular formula is C10H13O. The molecule has 0 heterocycles. The second-order valence-electron chi connectivity index (χ2n) is 3.59. The maximum atomic E-state index is 10.9. The minimum atomic E-state index is 0.468. The zero-order valence-electron chi connectivity index (χ0n) is 6.68. The Morgan fingerprint density at radius 1 is 1.36 bits per heavy atom. The number of Topliss-reactive ketones (excluding diaryl/α,β-unsaturated/α-hetero) is 1. The summed E-state index contributed by atoms with van der Waals surface area (Å²) in [5.41, 5.74) is 1.50. The summed E-state index contributed by atoms with van der Waals surface area (Å²) in [5.74, 6) is 1.27. The van der Waals surface area contributed by atoms with Gasteiger partial charge in [-0.3, -0.25) is 4.79 Å². The third kappa shape index (κ3) is 1.92. The molecular weight excluding hydrogens is 136 g/mol. The predicted octanol–water partition coefficient (Wildman–Crippen LogP) is 2.28. The van der Waals surface area contributed by atoms with Crippen LogP contribution in [0.3, 0.4) is 0 Å². The Bertz CT molecular complexity index is 193. The van der Waals surface area contributed by atoms with Crippen LogP contribution in [-0.4, -0.2) is 5.78 Å². The van der Waals surface area contributed by atoms with Crippen molar-refractivity contribution in [3.63, 3.8) is 0 Å². The van der Waals surface area contributed by atoms with Gasteiger partial charge in [0, 0.05) is 19.3 Å². The van der Waals surface area contributed by atoms with Crippen molar-refractivity contribution in [3.8, 4) is 0 Å². The number of carbonyl (C=O) groups excluding carboxylic acids is 1. The van der Waals surface area contributed by atoms with Gasteiger partial charge < -0.3 is 0 Å². The van der Waals surface area contributed by atoms with E-state index in [1.165, 1.54) is 12.0 Å². The third-order valence-electron chi connectivity index (χ3n) is 2.59. The fraction of sp³-hybridized carbons (Fsp3) is 0.600. The molecule has 1 heteroatoms. The van der Waals surface area contributed by atoms with Crippen molar-refractivity contribution in [3.05, 3.63) is 18.1 Å². The van der Waals surface area contributed by atoms with Gasteiger partial charge in [-0.05, 0) is 25.2 Å². The molecule has 2 rings (SSSR count). The van der Waals surface area contributed by atoms with Crippen molar-refractivity contribution in [1.82, 2.24) is 0 Å². The first-order valence-corrected chi connectivity index (χ1v) is 4.40.